The molecule has 0 atom stereocenters. The zero-order chi connectivity index (χ0) is 48.1. The average Bonchev–Trinajstić information content (AvgIpc) is 3.94. The minimum Gasteiger partial charge on any atom is -0.486 e. The maximum absolute atomic E-state index is 6.57. The normalized spacial score (nSPS) is 13.4. The van der Waals surface area contributed by atoms with Crippen molar-refractivity contribution in [3.8, 4) is 39.5 Å². The number of imidazole rings is 1. The van der Waals surface area contributed by atoms with Crippen LogP contribution in [0.15, 0.2) is 126 Å². The molecule has 0 saturated heterocycles. The number of rotatable bonds is 8. The summed E-state index contributed by atoms with van der Waals surface area (Å²) in [5.41, 5.74) is 16.9. The Morgan fingerprint density at radius 1 is 0.729 bits per heavy atom. The summed E-state index contributed by atoms with van der Waals surface area (Å²) in [5.74, 6) is 2.01. The van der Waals surface area contributed by atoms with Gasteiger partial charge in [0.1, 0.15) is 0 Å². The molecule has 70 heavy (non-hydrogen) atoms. The van der Waals surface area contributed by atoms with Crippen molar-refractivity contribution in [3.05, 3.63) is 167 Å². The van der Waals surface area contributed by atoms with Crippen molar-refractivity contribution >= 4 is 57.1 Å². The van der Waals surface area contributed by atoms with Crippen LogP contribution in [0.5, 0.6) is 0 Å². The van der Waals surface area contributed by atoms with Gasteiger partial charge in [0.25, 0.3) is 0 Å². The van der Waals surface area contributed by atoms with E-state index in [9.17, 15) is 0 Å². The zero-order valence-corrected chi connectivity index (χ0v) is 45.7. The van der Waals surface area contributed by atoms with Gasteiger partial charge in [-0.2, -0.15) is 0 Å². The van der Waals surface area contributed by atoms with Gasteiger partial charge < -0.3 is 14.0 Å². The van der Waals surface area contributed by atoms with Crippen LogP contribution in [0.3, 0.4) is 0 Å². The quantitative estimate of drug-likeness (QED) is 0.112. The van der Waals surface area contributed by atoms with E-state index in [2.05, 4.69) is 169 Å². The van der Waals surface area contributed by atoms with E-state index in [1.54, 1.807) is 10.8 Å². The fraction of sp³-hybridized carbons (Fsp3) is 0.290. The monoisotopic (exact) mass is 1110 g/mol. The SMILES string of the molecule is C[Si](C)(C)c1cnc(-c2[c-]cccc2)cc1C1CCCCC1.Cc1ccc2c(n1)oc1c(-c3nc4ccnc(C)c4n3-c3c(C(C)C)cc(-c4ccc5ccccc5c4)cc3C(C)C)[c-]cc(C)c12.[Ir]. The molecule has 0 aliphatic heterocycles. The minimum atomic E-state index is -1.36. The molecule has 0 N–H and O–H groups in total. The molecule has 0 spiro atoms. The number of aromatic nitrogens is 5. The number of fused-ring (bicyclic) bond motifs is 5. The molecular weight excluding hydrogens is 1050 g/mol. The van der Waals surface area contributed by atoms with Crippen molar-refractivity contribution in [1.29, 1.82) is 0 Å². The van der Waals surface area contributed by atoms with Gasteiger partial charge in [0.2, 0.25) is 5.71 Å². The molecule has 1 aliphatic rings. The van der Waals surface area contributed by atoms with Crippen molar-refractivity contribution in [2.24, 2.45) is 0 Å². The van der Waals surface area contributed by atoms with Gasteiger partial charge in [-0.25, -0.2) is 4.98 Å². The summed E-state index contributed by atoms with van der Waals surface area (Å²) in [5, 5.41) is 6.10. The van der Waals surface area contributed by atoms with Gasteiger partial charge in [-0.3, -0.25) is 9.97 Å². The van der Waals surface area contributed by atoms with E-state index in [4.69, 9.17) is 24.4 Å². The summed E-state index contributed by atoms with van der Waals surface area (Å²) < 4.78 is 8.91. The molecule has 1 radical (unpaired) electrons. The third kappa shape index (κ3) is 9.34. The van der Waals surface area contributed by atoms with Crippen LogP contribution in [0.25, 0.3) is 83.3 Å². The van der Waals surface area contributed by atoms with E-state index in [0.717, 1.165) is 78.6 Å². The first kappa shape index (κ1) is 48.9. The Morgan fingerprint density at radius 3 is 2.16 bits per heavy atom. The Balaban J connectivity index is 0.000000222. The Morgan fingerprint density at radius 2 is 1.46 bits per heavy atom. The first-order chi connectivity index (χ1) is 33.2. The van der Waals surface area contributed by atoms with E-state index in [1.165, 1.54) is 65.1 Å². The van der Waals surface area contributed by atoms with Gasteiger partial charge in [0.15, 0.2) is 0 Å². The average molecular weight is 1110 g/mol. The second-order valence-electron chi connectivity index (χ2n) is 20.9. The van der Waals surface area contributed by atoms with Crippen LogP contribution in [-0.4, -0.2) is 32.6 Å². The molecule has 1 saturated carbocycles. The van der Waals surface area contributed by atoms with Crippen LogP contribution >= 0.6 is 0 Å². The summed E-state index contributed by atoms with van der Waals surface area (Å²) in [7, 11) is -1.36. The van der Waals surface area contributed by atoms with Gasteiger partial charge in [0, 0.05) is 49.3 Å². The van der Waals surface area contributed by atoms with Crippen molar-refractivity contribution in [2.75, 3.05) is 0 Å². The Bertz CT molecular complexity index is 3490. The third-order valence-electron chi connectivity index (χ3n) is 14.2. The van der Waals surface area contributed by atoms with Crippen LogP contribution in [-0.2, 0) is 20.1 Å². The smallest absolute Gasteiger partial charge is 0.216 e. The van der Waals surface area contributed by atoms with Gasteiger partial charge in [-0.15, -0.1) is 53.6 Å². The fourth-order valence-corrected chi connectivity index (χ4v) is 12.2. The predicted octanol–water partition coefficient (Wildman–Crippen LogP) is 16.3. The van der Waals surface area contributed by atoms with Crippen molar-refractivity contribution < 1.29 is 24.5 Å². The molecule has 11 rings (SSSR count). The van der Waals surface area contributed by atoms with E-state index in [0.29, 0.717) is 5.71 Å². The second kappa shape index (κ2) is 20.0. The van der Waals surface area contributed by atoms with Crippen molar-refractivity contribution in [1.82, 2.24) is 24.5 Å². The number of benzene rings is 5. The first-order valence-corrected chi connectivity index (χ1v) is 28.5. The number of furan rings is 1. The molecule has 1 aliphatic carbocycles. The van der Waals surface area contributed by atoms with Crippen LogP contribution in [0.1, 0.15) is 111 Å². The van der Waals surface area contributed by atoms with Gasteiger partial charge in [-0.1, -0.05) is 132 Å². The molecule has 0 amide bonds. The van der Waals surface area contributed by atoms with Gasteiger partial charge in [0.05, 0.1) is 36.2 Å². The molecule has 10 aromatic rings. The molecule has 0 unspecified atom stereocenters. The van der Waals surface area contributed by atoms with E-state index in [-0.39, 0.29) is 31.9 Å². The van der Waals surface area contributed by atoms with Crippen molar-refractivity contribution in [2.45, 2.75) is 118 Å². The van der Waals surface area contributed by atoms with E-state index >= 15 is 0 Å². The van der Waals surface area contributed by atoms with Crippen LogP contribution in [0.2, 0.25) is 19.6 Å². The topological polar surface area (TPSA) is 69.6 Å². The van der Waals surface area contributed by atoms with Gasteiger partial charge >= 0.3 is 0 Å². The number of aryl methyl sites for hydroxylation is 3. The summed E-state index contributed by atoms with van der Waals surface area (Å²) in [4.78, 5) is 19.6. The summed E-state index contributed by atoms with van der Waals surface area (Å²) in [6.45, 7) is 22.6. The van der Waals surface area contributed by atoms with E-state index < -0.39 is 8.07 Å². The Hall–Kier alpha value is -6.05. The number of nitrogens with zero attached hydrogens (tertiary/aromatic N) is 5. The maximum atomic E-state index is 6.57. The predicted molar refractivity (Wildman–Crippen MR) is 291 cm³/mol. The van der Waals surface area contributed by atoms with Gasteiger partial charge in [-0.05, 0) is 125 Å². The van der Waals surface area contributed by atoms with Crippen LogP contribution < -0.4 is 5.19 Å². The minimum absolute atomic E-state index is 0. The molecule has 5 aromatic carbocycles. The summed E-state index contributed by atoms with van der Waals surface area (Å²) in [6, 6.07) is 45.7. The molecule has 5 heterocycles. The number of pyridine rings is 3. The maximum Gasteiger partial charge on any atom is 0.216 e. The standard InChI is InChI=1S/C42H37N4O.C20H26NSi.Ir/c1-23(2)34-21-31(30-15-14-28-10-8-9-11-29(28)20-30)22-35(24(3)4)39(34)46-38-27(7)43-19-18-36(38)45-41(46)33-16-12-25(5)37-32-17-13-26(6)44-42(32)47-40(33)37;1-22(2,3)20-15-21-19(17-12-8-5-9-13-17)14-18(20)16-10-6-4-7-11-16;/h8-15,17-24H,1-7H3;5,8-9,12,14-16H,4,6-7,10-11H2,1-3H3;/q2*-1;. The number of hydrogen-bond donors (Lipinski definition) is 0. The fourth-order valence-electron chi connectivity index (χ4n) is 10.6. The Labute approximate surface area is 428 Å². The zero-order valence-electron chi connectivity index (χ0n) is 42.3. The largest absolute Gasteiger partial charge is 0.486 e. The van der Waals surface area contributed by atoms with E-state index in [1.807, 2.05) is 37.4 Å². The Kier molecular flexibility index (Phi) is 14.0. The molecule has 1 fully saturated rings. The second-order valence-corrected chi connectivity index (χ2v) is 25.9. The molecule has 8 heteroatoms. The third-order valence-corrected chi connectivity index (χ3v) is 16.2. The summed E-state index contributed by atoms with van der Waals surface area (Å²) >= 11 is 0. The molecule has 6 nitrogen and oxygen atoms in total. The molecule has 5 aromatic heterocycles. The first-order valence-electron chi connectivity index (χ1n) is 25.0. The molecular formula is C62H63IrN5OSi-2. The van der Waals surface area contributed by atoms with Crippen LogP contribution in [0, 0.1) is 32.9 Å². The van der Waals surface area contributed by atoms with Crippen molar-refractivity contribution in [3.63, 3.8) is 0 Å². The number of hydrogen-bond acceptors (Lipinski definition) is 5. The van der Waals surface area contributed by atoms with Crippen LogP contribution in [0.4, 0.5) is 0 Å². The summed E-state index contributed by atoms with van der Waals surface area (Å²) in [6.07, 6.45) is 10.9. The molecule has 0 bridgehead atoms. The molecule has 357 valence electrons.